The number of rotatable bonds is 8. The number of carbonyl (C=O) groups excluding carboxylic acids is 1. The summed E-state index contributed by atoms with van der Waals surface area (Å²) in [5.74, 6) is 1.92. The van der Waals surface area contributed by atoms with Crippen molar-refractivity contribution in [2.24, 2.45) is 0 Å². The molecule has 0 heterocycles. The van der Waals surface area contributed by atoms with Gasteiger partial charge in [0.2, 0.25) is 5.91 Å². The fourth-order valence-corrected chi connectivity index (χ4v) is 2.65. The Morgan fingerprint density at radius 3 is 2.32 bits per heavy atom. The standard InChI is InChI=1S/C21H27NO3/c1-5-15(2)17-8-10-18(11-9-17)22-21(23)13-7-16-6-12-19(24-3)20(14-16)25-4/h6,8-12,14-15H,5,7,13H2,1-4H3,(H,22,23)/t15-/m1/s1. The van der Waals surface area contributed by atoms with E-state index in [9.17, 15) is 4.79 Å². The van der Waals surface area contributed by atoms with Gasteiger partial charge in [-0.15, -0.1) is 0 Å². The molecule has 0 aromatic heterocycles. The van der Waals surface area contributed by atoms with Crippen molar-refractivity contribution >= 4 is 11.6 Å². The van der Waals surface area contributed by atoms with E-state index in [2.05, 4.69) is 31.3 Å². The molecule has 0 fully saturated rings. The molecule has 25 heavy (non-hydrogen) atoms. The SMILES string of the molecule is CC[C@@H](C)c1ccc(NC(=O)CCc2ccc(OC)c(OC)c2)cc1. The maximum absolute atomic E-state index is 12.2. The Balaban J connectivity index is 1.90. The molecule has 2 rings (SSSR count). The number of amides is 1. The van der Waals surface area contributed by atoms with Crippen LogP contribution in [0.5, 0.6) is 11.5 Å². The fourth-order valence-electron chi connectivity index (χ4n) is 2.65. The minimum atomic E-state index is 0.00562. The Morgan fingerprint density at radius 2 is 1.72 bits per heavy atom. The van der Waals surface area contributed by atoms with Crippen molar-refractivity contribution < 1.29 is 14.3 Å². The summed E-state index contributed by atoms with van der Waals surface area (Å²) in [5.41, 5.74) is 3.18. The maximum atomic E-state index is 12.2. The van der Waals surface area contributed by atoms with Gasteiger partial charge in [-0.25, -0.2) is 0 Å². The lowest BCUT2D eigenvalue weighted by atomic mass is 9.98. The van der Waals surface area contributed by atoms with Gasteiger partial charge in [-0.3, -0.25) is 4.79 Å². The molecule has 1 N–H and O–H groups in total. The van der Waals surface area contributed by atoms with E-state index in [1.807, 2.05) is 30.3 Å². The minimum absolute atomic E-state index is 0.00562. The lowest BCUT2D eigenvalue weighted by Crippen LogP contribution is -2.12. The lowest BCUT2D eigenvalue weighted by Gasteiger charge is -2.11. The highest BCUT2D eigenvalue weighted by Gasteiger charge is 2.08. The number of ether oxygens (including phenoxy) is 2. The summed E-state index contributed by atoms with van der Waals surface area (Å²) in [6, 6.07) is 13.8. The minimum Gasteiger partial charge on any atom is -0.493 e. The number of nitrogens with one attached hydrogen (secondary N) is 1. The summed E-state index contributed by atoms with van der Waals surface area (Å²) in [7, 11) is 3.22. The molecule has 0 radical (unpaired) electrons. The van der Waals surface area contributed by atoms with Crippen molar-refractivity contribution in [3.05, 3.63) is 53.6 Å². The molecule has 2 aromatic rings. The first-order chi connectivity index (χ1) is 12.1. The number of carbonyl (C=O) groups is 1. The molecule has 0 saturated carbocycles. The second-order valence-electron chi connectivity index (χ2n) is 6.17. The number of hydrogen-bond donors (Lipinski definition) is 1. The first kappa shape index (κ1) is 18.8. The molecule has 0 unspecified atom stereocenters. The van der Waals surface area contributed by atoms with E-state index < -0.39 is 0 Å². The predicted molar refractivity (Wildman–Crippen MR) is 102 cm³/mol. The second-order valence-corrected chi connectivity index (χ2v) is 6.17. The van der Waals surface area contributed by atoms with Crippen LogP contribution in [0.4, 0.5) is 5.69 Å². The smallest absolute Gasteiger partial charge is 0.224 e. The molecule has 0 aliphatic carbocycles. The molecule has 1 amide bonds. The molecule has 4 nitrogen and oxygen atoms in total. The van der Waals surface area contributed by atoms with Crippen LogP contribution in [0.1, 0.15) is 43.7 Å². The highest BCUT2D eigenvalue weighted by Crippen LogP contribution is 2.28. The first-order valence-electron chi connectivity index (χ1n) is 8.68. The monoisotopic (exact) mass is 341 g/mol. The second kappa shape index (κ2) is 9.11. The van der Waals surface area contributed by atoms with Gasteiger partial charge >= 0.3 is 0 Å². The zero-order chi connectivity index (χ0) is 18.2. The highest BCUT2D eigenvalue weighted by atomic mass is 16.5. The molecule has 2 aromatic carbocycles. The third-order valence-corrected chi connectivity index (χ3v) is 4.46. The number of anilines is 1. The Morgan fingerprint density at radius 1 is 1.04 bits per heavy atom. The Kier molecular flexibility index (Phi) is 6.87. The summed E-state index contributed by atoms with van der Waals surface area (Å²) >= 11 is 0. The average Bonchev–Trinajstić information content (AvgIpc) is 2.66. The van der Waals surface area contributed by atoms with Gasteiger partial charge in [0.15, 0.2) is 11.5 Å². The quantitative estimate of drug-likeness (QED) is 0.751. The third kappa shape index (κ3) is 5.24. The molecular weight excluding hydrogens is 314 g/mol. The highest BCUT2D eigenvalue weighted by molar-refractivity contribution is 5.90. The van der Waals surface area contributed by atoms with Gasteiger partial charge < -0.3 is 14.8 Å². The van der Waals surface area contributed by atoms with Crippen LogP contribution < -0.4 is 14.8 Å². The van der Waals surface area contributed by atoms with E-state index in [-0.39, 0.29) is 5.91 Å². The number of aryl methyl sites for hydroxylation is 1. The molecule has 0 spiro atoms. The zero-order valence-corrected chi connectivity index (χ0v) is 15.5. The van der Waals surface area contributed by atoms with Crippen molar-refractivity contribution in [2.75, 3.05) is 19.5 Å². The average molecular weight is 341 g/mol. The van der Waals surface area contributed by atoms with Crippen LogP contribution >= 0.6 is 0 Å². The van der Waals surface area contributed by atoms with E-state index in [0.29, 0.717) is 30.3 Å². The van der Waals surface area contributed by atoms with Gasteiger partial charge in [0.25, 0.3) is 0 Å². The van der Waals surface area contributed by atoms with Gasteiger partial charge in [-0.2, -0.15) is 0 Å². The van der Waals surface area contributed by atoms with Crippen molar-refractivity contribution in [3.8, 4) is 11.5 Å². The van der Waals surface area contributed by atoms with Crippen molar-refractivity contribution in [2.45, 2.75) is 39.0 Å². The number of benzene rings is 2. The van der Waals surface area contributed by atoms with Crippen LogP contribution in [0.15, 0.2) is 42.5 Å². The largest absolute Gasteiger partial charge is 0.493 e. The number of hydrogen-bond acceptors (Lipinski definition) is 3. The molecule has 0 aliphatic heterocycles. The van der Waals surface area contributed by atoms with Crippen LogP contribution in [-0.4, -0.2) is 20.1 Å². The van der Waals surface area contributed by atoms with Gasteiger partial charge in [0, 0.05) is 12.1 Å². The van der Waals surface area contributed by atoms with E-state index in [4.69, 9.17) is 9.47 Å². The molecule has 0 saturated heterocycles. The van der Waals surface area contributed by atoms with Crippen LogP contribution in [-0.2, 0) is 11.2 Å². The Labute approximate surface area is 150 Å². The molecule has 0 bridgehead atoms. The summed E-state index contributed by atoms with van der Waals surface area (Å²) in [6.07, 6.45) is 2.18. The fraction of sp³-hybridized carbons (Fsp3) is 0.381. The van der Waals surface area contributed by atoms with E-state index in [0.717, 1.165) is 17.7 Å². The summed E-state index contributed by atoms with van der Waals surface area (Å²) in [5, 5.41) is 2.95. The Bertz CT molecular complexity index is 695. The predicted octanol–water partition coefficient (Wildman–Crippen LogP) is 4.79. The number of methoxy groups -OCH3 is 2. The molecule has 0 aliphatic rings. The summed E-state index contributed by atoms with van der Waals surface area (Å²) in [4.78, 5) is 12.2. The summed E-state index contributed by atoms with van der Waals surface area (Å²) in [6.45, 7) is 4.38. The molecule has 4 heteroatoms. The molecule has 134 valence electrons. The van der Waals surface area contributed by atoms with Crippen LogP contribution in [0, 0.1) is 0 Å². The molecular formula is C21H27NO3. The summed E-state index contributed by atoms with van der Waals surface area (Å²) < 4.78 is 10.5. The van der Waals surface area contributed by atoms with Crippen molar-refractivity contribution in [3.63, 3.8) is 0 Å². The first-order valence-corrected chi connectivity index (χ1v) is 8.68. The van der Waals surface area contributed by atoms with E-state index >= 15 is 0 Å². The van der Waals surface area contributed by atoms with E-state index in [1.54, 1.807) is 14.2 Å². The van der Waals surface area contributed by atoms with E-state index in [1.165, 1.54) is 5.56 Å². The van der Waals surface area contributed by atoms with Crippen molar-refractivity contribution in [1.82, 2.24) is 0 Å². The van der Waals surface area contributed by atoms with Gasteiger partial charge in [-0.05, 0) is 54.2 Å². The third-order valence-electron chi connectivity index (χ3n) is 4.46. The van der Waals surface area contributed by atoms with Gasteiger partial charge in [0.1, 0.15) is 0 Å². The van der Waals surface area contributed by atoms with Gasteiger partial charge in [0.05, 0.1) is 14.2 Å². The molecule has 1 atom stereocenters. The zero-order valence-electron chi connectivity index (χ0n) is 15.5. The van der Waals surface area contributed by atoms with Crippen LogP contribution in [0.3, 0.4) is 0 Å². The van der Waals surface area contributed by atoms with Crippen LogP contribution in [0.2, 0.25) is 0 Å². The Hall–Kier alpha value is -2.49. The topological polar surface area (TPSA) is 47.6 Å². The maximum Gasteiger partial charge on any atom is 0.224 e. The van der Waals surface area contributed by atoms with Gasteiger partial charge in [-0.1, -0.05) is 32.0 Å². The van der Waals surface area contributed by atoms with Crippen LogP contribution in [0.25, 0.3) is 0 Å². The lowest BCUT2D eigenvalue weighted by molar-refractivity contribution is -0.116. The normalized spacial score (nSPS) is 11.7. The van der Waals surface area contributed by atoms with Crippen molar-refractivity contribution in [1.29, 1.82) is 0 Å².